The molecule has 0 aliphatic heterocycles. The lowest BCUT2D eigenvalue weighted by Crippen LogP contribution is -2.28. The number of rotatable bonds is 36. The van der Waals surface area contributed by atoms with Crippen LogP contribution in [0.2, 0.25) is 0 Å². The van der Waals surface area contributed by atoms with Crippen molar-refractivity contribution in [3.8, 4) is 0 Å². The Kier molecular flexibility index (Phi) is 35.0. The van der Waals surface area contributed by atoms with Gasteiger partial charge < -0.3 is 14.3 Å². The van der Waals surface area contributed by atoms with Crippen LogP contribution in [-0.2, 0) is 19.1 Å². The highest BCUT2D eigenvalue weighted by molar-refractivity contribution is 5.69. The van der Waals surface area contributed by atoms with E-state index >= 15 is 0 Å². The quantitative estimate of drug-likeness (QED) is 0.0384. The fourth-order valence-electron chi connectivity index (χ4n) is 6.04. The second kappa shape index (κ2) is 36.2. The second-order valence-corrected chi connectivity index (χ2v) is 13.6. The summed E-state index contributed by atoms with van der Waals surface area (Å²) in [5, 5.41) is 0. The Balaban J connectivity index is 3.98. The van der Waals surface area contributed by atoms with Gasteiger partial charge in [0.1, 0.15) is 6.10 Å². The highest BCUT2D eigenvalue weighted by Crippen LogP contribution is 2.18. The molecule has 0 aromatic carbocycles. The van der Waals surface area contributed by atoms with Crippen molar-refractivity contribution in [2.75, 3.05) is 32.8 Å². The summed E-state index contributed by atoms with van der Waals surface area (Å²) in [6, 6.07) is 0. The maximum Gasteiger partial charge on any atom is 0.306 e. The first-order valence-corrected chi connectivity index (χ1v) is 20.0. The van der Waals surface area contributed by atoms with Gasteiger partial charge in [-0.2, -0.15) is 0 Å². The van der Waals surface area contributed by atoms with Crippen molar-refractivity contribution in [1.29, 1.82) is 0 Å². The summed E-state index contributed by atoms with van der Waals surface area (Å²) in [5.74, 6) is -0.0292. The molecule has 0 radical (unpaired) electrons. The Morgan fingerprint density at radius 1 is 0.543 bits per heavy atom. The number of hydrogen-bond acceptors (Lipinski definition) is 5. The molecule has 0 saturated carbocycles. The van der Waals surface area contributed by atoms with Gasteiger partial charge in [0.05, 0.1) is 13.2 Å². The number of ether oxygens (including phenoxy) is 2. The monoisotopic (exact) mass is 649 g/mol. The van der Waals surface area contributed by atoms with Gasteiger partial charge >= 0.3 is 11.9 Å². The van der Waals surface area contributed by atoms with Crippen LogP contribution in [0.5, 0.6) is 0 Å². The molecule has 0 rings (SSSR count). The minimum atomic E-state index is -0.0361. The molecule has 1 atom stereocenters. The molecule has 1 unspecified atom stereocenters. The number of esters is 2. The minimum absolute atomic E-state index is 0.00691. The molecule has 0 bridgehead atoms. The van der Waals surface area contributed by atoms with Crippen LogP contribution >= 0.6 is 0 Å². The molecule has 270 valence electrons. The standard InChI is InChI=1S/C40H76N2O4/c1-5-8-11-16-23-30-38(29-22-13-10-7-3)46-40(44)32-25-18-15-20-27-35-42(36-33-41-4)34-26-19-14-17-24-31-39(43)45-37-28-21-12-9-6-2/h38H,5-37H2,1-3H3. The van der Waals surface area contributed by atoms with Gasteiger partial charge in [-0.25, -0.2) is 6.57 Å². The van der Waals surface area contributed by atoms with Gasteiger partial charge in [0.15, 0.2) is 0 Å². The fraction of sp³-hybridized carbons (Fsp3) is 0.925. The van der Waals surface area contributed by atoms with Crippen LogP contribution in [0.25, 0.3) is 4.85 Å². The van der Waals surface area contributed by atoms with Crippen LogP contribution in [0.1, 0.15) is 201 Å². The van der Waals surface area contributed by atoms with Crippen molar-refractivity contribution in [3.05, 3.63) is 11.4 Å². The molecular formula is C40H76N2O4. The largest absolute Gasteiger partial charge is 0.466 e. The summed E-state index contributed by atoms with van der Waals surface area (Å²) in [6.07, 6.45) is 31.4. The molecule has 0 fully saturated rings. The lowest BCUT2D eigenvalue weighted by molar-refractivity contribution is -0.150. The van der Waals surface area contributed by atoms with Gasteiger partial charge in [0.2, 0.25) is 6.54 Å². The third-order valence-corrected chi connectivity index (χ3v) is 9.06. The second-order valence-electron chi connectivity index (χ2n) is 13.6. The summed E-state index contributed by atoms with van der Waals surface area (Å²) < 4.78 is 11.3. The van der Waals surface area contributed by atoms with E-state index in [-0.39, 0.29) is 18.0 Å². The van der Waals surface area contributed by atoms with Crippen LogP contribution in [-0.4, -0.2) is 55.7 Å². The molecule has 0 heterocycles. The third-order valence-electron chi connectivity index (χ3n) is 9.06. The fourth-order valence-corrected chi connectivity index (χ4v) is 6.04. The SMILES string of the molecule is [C-]#[N+]CCN(CCCCCCCC(=O)OCCCCCCC)CCCCCCCC(=O)OC(CCCCCC)CCCCCCC. The van der Waals surface area contributed by atoms with Gasteiger partial charge in [-0.05, 0) is 70.9 Å². The average Bonchev–Trinajstić information content (AvgIpc) is 3.05. The summed E-state index contributed by atoms with van der Waals surface area (Å²) in [6.45, 7) is 18.0. The molecule has 0 saturated heterocycles. The molecule has 0 aliphatic rings. The van der Waals surface area contributed by atoms with Crippen LogP contribution in [0.3, 0.4) is 0 Å². The van der Waals surface area contributed by atoms with Crippen molar-refractivity contribution >= 4 is 11.9 Å². The first-order chi connectivity index (χ1) is 22.6. The molecule has 0 aliphatic carbocycles. The predicted molar refractivity (Wildman–Crippen MR) is 195 cm³/mol. The van der Waals surface area contributed by atoms with Gasteiger partial charge in [-0.1, -0.05) is 130 Å². The first-order valence-electron chi connectivity index (χ1n) is 20.0. The van der Waals surface area contributed by atoms with Crippen LogP contribution in [0.4, 0.5) is 0 Å². The molecular weight excluding hydrogens is 572 g/mol. The number of unbranched alkanes of at least 4 members (excludes halogenated alkanes) is 19. The van der Waals surface area contributed by atoms with E-state index in [0.29, 0.717) is 26.0 Å². The Bertz CT molecular complexity index is 708. The topological polar surface area (TPSA) is 60.2 Å². The summed E-state index contributed by atoms with van der Waals surface area (Å²) >= 11 is 0. The maximum atomic E-state index is 12.6. The smallest absolute Gasteiger partial charge is 0.306 e. The summed E-state index contributed by atoms with van der Waals surface area (Å²) in [5.41, 5.74) is 0. The van der Waals surface area contributed by atoms with Crippen molar-refractivity contribution in [1.82, 2.24) is 4.90 Å². The molecule has 0 aromatic rings. The van der Waals surface area contributed by atoms with Crippen molar-refractivity contribution in [2.45, 2.75) is 207 Å². The van der Waals surface area contributed by atoms with Gasteiger partial charge in [0.25, 0.3) is 0 Å². The maximum absolute atomic E-state index is 12.6. The van der Waals surface area contributed by atoms with Crippen LogP contribution in [0, 0.1) is 6.57 Å². The van der Waals surface area contributed by atoms with Gasteiger partial charge in [-0.15, -0.1) is 0 Å². The van der Waals surface area contributed by atoms with Crippen molar-refractivity contribution in [3.63, 3.8) is 0 Å². The number of nitrogens with zero attached hydrogens (tertiary/aromatic N) is 2. The zero-order valence-electron chi connectivity index (χ0n) is 30.9. The van der Waals surface area contributed by atoms with Crippen molar-refractivity contribution in [2.24, 2.45) is 0 Å². The van der Waals surface area contributed by atoms with E-state index in [9.17, 15) is 9.59 Å². The van der Waals surface area contributed by atoms with E-state index in [1.165, 1.54) is 89.9 Å². The van der Waals surface area contributed by atoms with E-state index in [2.05, 4.69) is 30.5 Å². The summed E-state index contributed by atoms with van der Waals surface area (Å²) in [4.78, 5) is 30.5. The number of carbonyl (C=O) groups excluding carboxylic acids is 2. The average molecular weight is 649 g/mol. The normalized spacial score (nSPS) is 11.9. The van der Waals surface area contributed by atoms with Crippen LogP contribution in [0.15, 0.2) is 0 Å². The Morgan fingerprint density at radius 2 is 0.978 bits per heavy atom. The van der Waals surface area contributed by atoms with E-state index in [4.69, 9.17) is 16.0 Å². The lowest BCUT2D eigenvalue weighted by atomic mass is 10.0. The third kappa shape index (κ3) is 32.3. The molecule has 0 aromatic heterocycles. The molecule has 46 heavy (non-hydrogen) atoms. The van der Waals surface area contributed by atoms with Gasteiger partial charge in [0, 0.05) is 12.8 Å². The lowest BCUT2D eigenvalue weighted by Gasteiger charge is -2.20. The Morgan fingerprint density at radius 3 is 1.52 bits per heavy atom. The minimum Gasteiger partial charge on any atom is -0.466 e. The molecule has 6 heteroatoms. The summed E-state index contributed by atoms with van der Waals surface area (Å²) in [7, 11) is 0. The van der Waals surface area contributed by atoms with E-state index in [1.807, 2.05) is 0 Å². The molecule has 0 spiro atoms. The van der Waals surface area contributed by atoms with Crippen molar-refractivity contribution < 1.29 is 19.1 Å². The molecule has 6 nitrogen and oxygen atoms in total. The van der Waals surface area contributed by atoms with Gasteiger partial charge in [-0.3, -0.25) is 14.5 Å². The Hall–Kier alpha value is -1.61. The highest BCUT2D eigenvalue weighted by atomic mass is 16.5. The Labute approximate surface area is 286 Å². The zero-order valence-corrected chi connectivity index (χ0v) is 30.9. The van der Waals surface area contributed by atoms with E-state index < -0.39 is 0 Å². The highest BCUT2D eigenvalue weighted by Gasteiger charge is 2.14. The predicted octanol–water partition coefficient (Wildman–Crippen LogP) is 11.6. The number of carbonyl (C=O) groups is 2. The molecule has 0 N–H and O–H groups in total. The van der Waals surface area contributed by atoms with E-state index in [0.717, 1.165) is 96.7 Å². The molecule has 0 amide bonds. The first kappa shape index (κ1) is 44.4. The van der Waals surface area contributed by atoms with Crippen LogP contribution < -0.4 is 0 Å². The van der Waals surface area contributed by atoms with E-state index in [1.54, 1.807) is 0 Å². The number of hydrogen-bond donors (Lipinski definition) is 0. The zero-order chi connectivity index (χ0) is 33.8.